The minimum Gasteiger partial charge on any atom is -0.463 e. The third kappa shape index (κ3) is 3.19. The van der Waals surface area contributed by atoms with E-state index in [1.807, 2.05) is 0 Å². The van der Waals surface area contributed by atoms with E-state index in [1.165, 1.54) is 12.1 Å². The van der Waals surface area contributed by atoms with Gasteiger partial charge in [0.2, 0.25) is 0 Å². The molecule has 0 unspecified atom stereocenters. The van der Waals surface area contributed by atoms with E-state index in [0.717, 1.165) is 16.7 Å². The Labute approximate surface area is 177 Å². The minimum absolute atomic E-state index is 0.0374. The Morgan fingerprint density at radius 3 is 2.40 bits per heavy atom. The number of fused-ring (bicyclic) bond motifs is 2. The van der Waals surface area contributed by atoms with Crippen molar-refractivity contribution in [1.82, 2.24) is 10.2 Å². The maximum atomic E-state index is 13.2. The zero-order valence-corrected chi connectivity index (χ0v) is 17.5. The third-order valence-electron chi connectivity index (χ3n) is 5.22. The van der Waals surface area contributed by atoms with Crippen LogP contribution in [0.5, 0.6) is 0 Å². The number of benzene rings is 1. The van der Waals surface area contributed by atoms with Gasteiger partial charge in [-0.15, -0.1) is 11.8 Å². The Hall–Kier alpha value is -2.43. The van der Waals surface area contributed by atoms with Gasteiger partial charge in [0.25, 0.3) is 11.8 Å². The highest BCUT2D eigenvalue weighted by atomic mass is 32.2. The topological polar surface area (TPSA) is 122 Å². The second kappa shape index (κ2) is 7.07. The highest BCUT2D eigenvalue weighted by Gasteiger charge is 2.61. The SMILES string of the molecule is CC(C)(C)OC(=O)[C@H]([C@@H]1N[C@@H]2C(=O)OC[C@]2(CO)S1)N1C(=O)c2ccccc2C1=O. The second-order valence-corrected chi connectivity index (χ2v) is 10.0. The molecule has 3 aliphatic rings. The van der Waals surface area contributed by atoms with Crippen molar-refractivity contribution in [2.75, 3.05) is 13.2 Å². The van der Waals surface area contributed by atoms with E-state index in [9.17, 15) is 24.3 Å². The number of amides is 2. The Kier molecular flexibility index (Phi) is 4.91. The maximum Gasteiger partial charge on any atom is 0.332 e. The van der Waals surface area contributed by atoms with E-state index in [1.54, 1.807) is 32.9 Å². The van der Waals surface area contributed by atoms with Gasteiger partial charge in [-0.1, -0.05) is 12.1 Å². The van der Waals surface area contributed by atoms with Gasteiger partial charge in [-0.25, -0.2) is 4.79 Å². The molecule has 1 aromatic rings. The van der Waals surface area contributed by atoms with Crippen LogP contribution in [0.2, 0.25) is 0 Å². The molecule has 0 aromatic heterocycles. The summed E-state index contributed by atoms with van der Waals surface area (Å²) in [6.07, 6.45) is 0. The predicted molar refractivity (Wildman–Crippen MR) is 106 cm³/mol. The summed E-state index contributed by atoms with van der Waals surface area (Å²) in [6, 6.07) is 4.14. The molecule has 4 atom stereocenters. The maximum absolute atomic E-state index is 13.2. The number of carbonyl (C=O) groups is 4. The molecule has 10 heteroatoms. The van der Waals surface area contributed by atoms with Crippen molar-refractivity contribution < 1.29 is 33.8 Å². The van der Waals surface area contributed by atoms with Crippen LogP contribution in [0.15, 0.2) is 24.3 Å². The lowest BCUT2D eigenvalue weighted by atomic mass is 10.0. The lowest BCUT2D eigenvalue weighted by Crippen LogP contribution is -2.56. The molecule has 1 aromatic carbocycles. The Balaban J connectivity index is 1.72. The molecule has 2 amide bonds. The first-order valence-electron chi connectivity index (χ1n) is 9.49. The summed E-state index contributed by atoms with van der Waals surface area (Å²) < 4.78 is 9.58. The van der Waals surface area contributed by atoms with Crippen molar-refractivity contribution in [1.29, 1.82) is 0 Å². The number of hydrogen-bond donors (Lipinski definition) is 2. The number of aliphatic hydroxyl groups is 1. The molecule has 9 nitrogen and oxygen atoms in total. The van der Waals surface area contributed by atoms with E-state index in [2.05, 4.69) is 5.32 Å². The van der Waals surface area contributed by atoms with E-state index >= 15 is 0 Å². The molecule has 2 N–H and O–H groups in total. The van der Waals surface area contributed by atoms with Crippen LogP contribution in [-0.2, 0) is 19.1 Å². The molecule has 3 heterocycles. The molecule has 30 heavy (non-hydrogen) atoms. The molecule has 2 saturated heterocycles. The summed E-state index contributed by atoms with van der Waals surface area (Å²) in [5, 5.41) is 12.1. The standard InChI is InChI=1S/C20H22N2O7S/c1-19(2,3)29-17(26)12(14-21-13-18(27)28-9-20(13,8-23)30-14)22-15(24)10-6-4-5-7-11(10)16(22)25/h4-7,12-14,21,23H,8-9H2,1-3H3/t12-,13+,14+,20-/m0/s1. The molecule has 0 saturated carbocycles. The number of nitrogens with zero attached hydrogens (tertiary/aromatic N) is 1. The molecule has 160 valence electrons. The highest BCUT2D eigenvalue weighted by Crippen LogP contribution is 2.45. The normalized spacial score (nSPS) is 28.9. The average molecular weight is 434 g/mol. The van der Waals surface area contributed by atoms with Crippen LogP contribution in [0.1, 0.15) is 41.5 Å². The first-order valence-corrected chi connectivity index (χ1v) is 10.4. The first-order chi connectivity index (χ1) is 14.1. The van der Waals surface area contributed by atoms with Crippen LogP contribution in [0.3, 0.4) is 0 Å². The number of rotatable bonds is 4. The molecule has 0 spiro atoms. The van der Waals surface area contributed by atoms with Crippen molar-refractivity contribution in [2.24, 2.45) is 0 Å². The smallest absolute Gasteiger partial charge is 0.332 e. The van der Waals surface area contributed by atoms with Crippen LogP contribution in [0.25, 0.3) is 0 Å². The summed E-state index contributed by atoms with van der Waals surface area (Å²) in [5.41, 5.74) is -0.452. The summed E-state index contributed by atoms with van der Waals surface area (Å²) in [7, 11) is 0. The van der Waals surface area contributed by atoms with E-state index in [0.29, 0.717) is 0 Å². The van der Waals surface area contributed by atoms with Gasteiger partial charge in [-0.05, 0) is 32.9 Å². The fourth-order valence-corrected chi connectivity index (χ4v) is 5.44. The van der Waals surface area contributed by atoms with Crippen molar-refractivity contribution in [2.45, 2.75) is 48.6 Å². The molecular formula is C20H22N2O7S. The number of esters is 2. The molecule has 2 fully saturated rings. The Morgan fingerprint density at radius 1 is 1.30 bits per heavy atom. The van der Waals surface area contributed by atoms with E-state index in [-0.39, 0.29) is 24.3 Å². The van der Waals surface area contributed by atoms with Crippen LogP contribution in [0, 0.1) is 0 Å². The van der Waals surface area contributed by atoms with E-state index in [4.69, 9.17) is 9.47 Å². The predicted octanol–water partition coefficient (Wildman–Crippen LogP) is 0.312. The van der Waals surface area contributed by atoms with Crippen LogP contribution >= 0.6 is 11.8 Å². The van der Waals surface area contributed by atoms with Crippen LogP contribution in [0.4, 0.5) is 0 Å². The number of thioether (sulfide) groups is 1. The quantitative estimate of drug-likeness (QED) is 0.509. The summed E-state index contributed by atoms with van der Waals surface area (Å²) >= 11 is 1.11. The molecule has 4 rings (SSSR count). The summed E-state index contributed by atoms with van der Waals surface area (Å²) in [4.78, 5) is 52.3. The average Bonchev–Trinajstić information content (AvgIpc) is 3.28. The van der Waals surface area contributed by atoms with Crippen molar-refractivity contribution in [3.05, 3.63) is 35.4 Å². The van der Waals surface area contributed by atoms with Crippen molar-refractivity contribution >= 4 is 35.5 Å². The molecule has 0 bridgehead atoms. The number of ether oxygens (including phenoxy) is 2. The fourth-order valence-electron chi connectivity index (χ4n) is 3.86. The molecule has 0 aliphatic carbocycles. The number of aliphatic hydroxyl groups excluding tert-OH is 1. The zero-order valence-electron chi connectivity index (χ0n) is 16.7. The zero-order chi connectivity index (χ0) is 21.8. The van der Waals surface area contributed by atoms with Gasteiger partial charge in [0.05, 0.1) is 23.1 Å². The molecule has 3 aliphatic heterocycles. The largest absolute Gasteiger partial charge is 0.463 e. The Bertz CT molecular complexity index is 908. The lowest BCUT2D eigenvalue weighted by Gasteiger charge is -2.32. The van der Waals surface area contributed by atoms with Gasteiger partial charge in [-0.3, -0.25) is 24.6 Å². The number of nitrogens with one attached hydrogen (secondary N) is 1. The number of carbonyl (C=O) groups excluding carboxylic acids is 4. The van der Waals surface area contributed by atoms with Crippen molar-refractivity contribution in [3.8, 4) is 0 Å². The highest BCUT2D eigenvalue weighted by molar-refractivity contribution is 8.01. The molecular weight excluding hydrogens is 412 g/mol. The summed E-state index contributed by atoms with van der Waals surface area (Å²) in [5.74, 6) is -2.54. The number of hydrogen-bond acceptors (Lipinski definition) is 9. The number of imide groups is 1. The summed E-state index contributed by atoms with van der Waals surface area (Å²) in [6.45, 7) is 4.63. The first kappa shape index (κ1) is 20.8. The Morgan fingerprint density at radius 2 is 1.90 bits per heavy atom. The fraction of sp³-hybridized carbons (Fsp3) is 0.500. The second-order valence-electron chi connectivity index (χ2n) is 8.47. The van der Waals surface area contributed by atoms with Gasteiger partial charge in [0.15, 0.2) is 6.04 Å². The third-order valence-corrected chi connectivity index (χ3v) is 6.82. The molecule has 0 radical (unpaired) electrons. The minimum atomic E-state index is -1.33. The van der Waals surface area contributed by atoms with Gasteiger partial charge in [0, 0.05) is 0 Å². The van der Waals surface area contributed by atoms with Crippen molar-refractivity contribution in [3.63, 3.8) is 0 Å². The lowest BCUT2D eigenvalue weighted by molar-refractivity contribution is -0.160. The van der Waals surface area contributed by atoms with Crippen LogP contribution in [-0.4, -0.2) is 74.8 Å². The van der Waals surface area contributed by atoms with E-state index < -0.39 is 51.6 Å². The van der Waals surface area contributed by atoms with Gasteiger partial charge < -0.3 is 14.6 Å². The van der Waals surface area contributed by atoms with Gasteiger partial charge in [-0.2, -0.15) is 0 Å². The van der Waals surface area contributed by atoms with Gasteiger partial charge >= 0.3 is 11.9 Å². The monoisotopic (exact) mass is 434 g/mol. The number of cyclic esters (lactones) is 1. The van der Waals surface area contributed by atoms with Gasteiger partial charge in [0.1, 0.15) is 23.0 Å². The van der Waals surface area contributed by atoms with Crippen LogP contribution < -0.4 is 5.32 Å².